The van der Waals surface area contributed by atoms with Crippen molar-refractivity contribution < 1.29 is 13.9 Å². The van der Waals surface area contributed by atoms with Gasteiger partial charge in [0.05, 0.1) is 7.11 Å². The number of pyridine rings is 1. The van der Waals surface area contributed by atoms with Gasteiger partial charge in [-0.3, -0.25) is 4.98 Å². The smallest absolute Gasteiger partial charge is 0.360 e. The van der Waals surface area contributed by atoms with Gasteiger partial charge in [-0.2, -0.15) is 0 Å². The van der Waals surface area contributed by atoms with Gasteiger partial charge in [0.2, 0.25) is 0 Å². The van der Waals surface area contributed by atoms with E-state index >= 15 is 0 Å². The van der Waals surface area contributed by atoms with Gasteiger partial charge < -0.3 is 14.9 Å². The highest BCUT2D eigenvalue weighted by atomic mass is 16.5. The predicted octanol–water partition coefficient (Wildman–Crippen LogP) is 3.09. The molecular formula is C18H18N4O3. The number of hydrogen-bond acceptors (Lipinski definition) is 7. The Morgan fingerprint density at radius 2 is 1.72 bits per heavy atom. The molecule has 0 aromatic carbocycles. The molecule has 0 amide bonds. The van der Waals surface area contributed by atoms with Gasteiger partial charge in [-0.15, -0.1) is 0 Å². The Kier molecular flexibility index (Phi) is 4.22. The number of nitrogens with two attached hydrogens (primary N) is 1. The van der Waals surface area contributed by atoms with Crippen LogP contribution in [0.15, 0.2) is 28.7 Å². The van der Waals surface area contributed by atoms with Gasteiger partial charge in [0, 0.05) is 17.0 Å². The average Bonchev–Trinajstić information content (AvgIpc) is 2.99. The summed E-state index contributed by atoms with van der Waals surface area (Å²) in [4.78, 5) is 25.1. The normalized spacial score (nSPS) is 10.7. The quantitative estimate of drug-likeness (QED) is 0.732. The van der Waals surface area contributed by atoms with Crippen LogP contribution in [0, 0.1) is 20.8 Å². The van der Waals surface area contributed by atoms with E-state index in [4.69, 9.17) is 14.9 Å². The number of nitrogens with zero attached hydrogens (tertiary/aromatic N) is 3. The lowest BCUT2D eigenvalue weighted by atomic mass is 10.1. The number of hydrogen-bond donors (Lipinski definition) is 1. The number of rotatable bonds is 3. The number of ether oxygens (including phenoxy) is 1. The number of aromatic nitrogens is 3. The maximum atomic E-state index is 12.0. The van der Waals surface area contributed by atoms with E-state index in [1.165, 1.54) is 7.11 Å². The van der Waals surface area contributed by atoms with E-state index in [9.17, 15) is 4.79 Å². The highest BCUT2D eigenvalue weighted by Gasteiger charge is 2.22. The number of furan rings is 1. The monoisotopic (exact) mass is 338 g/mol. The van der Waals surface area contributed by atoms with E-state index in [0.29, 0.717) is 17.1 Å². The Balaban J connectivity index is 2.30. The predicted molar refractivity (Wildman–Crippen MR) is 92.9 cm³/mol. The zero-order valence-electron chi connectivity index (χ0n) is 14.5. The molecule has 7 nitrogen and oxygen atoms in total. The van der Waals surface area contributed by atoms with Gasteiger partial charge in [0.15, 0.2) is 17.3 Å². The average molecular weight is 338 g/mol. The van der Waals surface area contributed by atoms with Crippen LogP contribution in [0.3, 0.4) is 0 Å². The summed E-state index contributed by atoms with van der Waals surface area (Å²) in [5.74, 6) is 0.605. The Hall–Kier alpha value is -3.22. The molecule has 3 aromatic rings. The minimum absolute atomic E-state index is 0.0119. The molecule has 0 atom stereocenters. The van der Waals surface area contributed by atoms with Crippen molar-refractivity contribution in [3.63, 3.8) is 0 Å². The third kappa shape index (κ3) is 3.21. The molecule has 0 unspecified atom stereocenters. The number of aryl methyl sites for hydroxylation is 3. The molecular weight excluding hydrogens is 320 g/mol. The van der Waals surface area contributed by atoms with E-state index in [1.54, 1.807) is 6.07 Å². The van der Waals surface area contributed by atoms with Crippen molar-refractivity contribution in [1.29, 1.82) is 0 Å². The van der Waals surface area contributed by atoms with Crippen LogP contribution in [0.25, 0.3) is 22.7 Å². The minimum Gasteiger partial charge on any atom is -0.464 e. The van der Waals surface area contributed by atoms with Crippen LogP contribution in [-0.4, -0.2) is 28.0 Å². The summed E-state index contributed by atoms with van der Waals surface area (Å²) in [5, 5.41) is 0. The molecule has 128 valence electrons. The maximum absolute atomic E-state index is 12.0. The number of esters is 1. The van der Waals surface area contributed by atoms with Gasteiger partial charge in [-0.05, 0) is 45.0 Å². The van der Waals surface area contributed by atoms with Gasteiger partial charge in [-0.1, -0.05) is 0 Å². The Morgan fingerprint density at radius 1 is 1.04 bits per heavy atom. The van der Waals surface area contributed by atoms with Crippen molar-refractivity contribution in [1.82, 2.24) is 15.0 Å². The van der Waals surface area contributed by atoms with Crippen LogP contribution >= 0.6 is 0 Å². The largest absolute Gasteiger partial charge is 0.464 e. The molecule has 0 bridgehead atoms. The third-order valence-electron chi connectivity index (χ3n) is 3.63. The summed E-state index contributed by atoms with van der Waals surface area (Å²) in [6.07, 6.45) is 0. The van der Waals surface area contributed by atoms with Crippen LogP contribution in [0.2, 0.25) is 0 Å². The molecule has 0 aliphatic carbocycles. The summed E-state index contributed by atoms with van der Waals surface area (Å²) in [6.45, 7) is 5.61. The zero-order chi connectivity index (χ0) is 18.1. The molecule has 3 heterocycles. The lowest BCUT2D eigenvalue weighted by Gasteiger charge is -2.11. The Labute approximate surface area is 144 Å². The summed E-state index contributed by atoms with van der Waals surface area (Å²) in [7, 11) is 1.27. The fourth-order valence-corrected chi connectivity index (χ4v) is 2.60. The zero-order valence-corrected chi connectivity index (χ0v) is 14.5. The van der Waals surface area contributed by atoms with Gasteiger partial charge >= 0.3 is 5.97 Å². The van der Waals surface area contributed by atoms with Crippen LogP contribution in [0.4, 0.5) is 5.82 Å². The number of nitrogen functional groups attached to an aromatic ring is 1. The third-order valence-corrected chi connectivity index (χ3v) is 3.63. The number of carbonyl (C=O) groups is 1. The molecule has 3 aromatic heterocycles. The number of methoxy groups -OCH3 is 1. The van der Waals surface area contributed by atoms with Gasteiger partial charge in [-0.25, -0.2) is 14.8 Å². The fourth-order valence-electron chi connectivity index (χ4n) is 2.60. The standard InChI is InChI=1S/C18H18N4O3/c1-9-7-12(8-10(2)20-9)14-15(13-6-5-11(3)25-13)22-17(19)16(21-14)18(23)24-4/h5-8H,1-4H3,(H2,19,22). The molecule has 0 aliphatic heterocycles. The Bertz CT molecular complexity index is 943. The molecule has 7 heteroatoms. The SMILES string of the molecule is COC(=O)c1nc(-c2cc(C)nc(C)c2)c(-c2ccc(C)o2)nc1N. The maximum Gasteiger partial charge on any atom is 0.360 e. The fraction of sp³-hybridized carbons (Fsp3) is 0.222. The summed E-state index contributed by atoms with van der Waals surface area (Å²) in [6, 6.07) is 7.36. The van der Waals surface area contributed by atoms with Crippen molar-refractivity contribution in [2.45, 2.75) is 20.8 Å². The van der Waals surface area contributed by atoms with Crippen molar-refractivity contribution in [2.75, 3.05) is 12.8 Å². The number of anilines is 1. The highest BCUT2D eigenvalue weighted by Crippen LogP contribution is 2.32. The molecule has 2 N–H and O–H groups in total. The van der Waals surface area contributed by atoms with Gasteiger partial charge in [0.1, 0.15) is 17.1 Å². The lowest BCUT2D eigenvalue weighted by Crippen LogP contribution is -2.12. The van der Waals surface area contributed by atoms with E-state index in [2.05, 4.69) is 15.0 Å². The topological polar surface area (TPSA) is 104 Å². The van der Waals surface area contributed by atoms with E-state index in [0.717, 1.165) is 22.7 Å². The van der Waals surface area contributed by atoms with Crippen molar-refractivity contribution in [2.24, 2.45) is 0 Å². The Morgan fingerprint density at radius 3 is 2.28 bits per heavy atom. The van der Waals surface area contributed by atoms with Crippen LogP contribution < -0.4 is 5.73 Å². The summed E-state index contributed by atoms with van der Waals surface area (Å²) in [5.41, 5.74) is 9.26. The van der Waals surface area contributed by atoms with Gasteiger partial charge in [0.25, 0.3) is 0 Å². The van der Waals surface area contributed by atoms with E-state index in [-0.39, 0.29) is 11.5 Å². The van der Waals surface area contributed by atoms with E-state index in [1.807, 2.05) is 39.0 Å². The van der Waals surface area contributed by atoms with Crippen molar-refractivity contribution >= 4 is 11.8 Å². The molecule has 0 saturated heterocycles. The first kappa shape index (κ1) is 16.6. The lowest BCUT2D eigenvalue weighted by molar-refractivity contribution is 0.0595. The minimum atomic E-state index is -0.643. The molecule has 0 saturated carbocycles. The van der Waals surface area contributed by atoms with Crippen LogP contribution in [0.1, 0.15) is 27.6 Å². The molecule has 0 radical (unpaired) electrons. The molecule has 3 rings (SSSR count). The summed E-state index contributed by atoms with van der Waals surface area (Å²) >= 11 is 0. The van der Waals surface area contributed by atoms with Crippen molar-refractivity contribution in [3.8, 4) is 22.7 Å². The second kappa shape index (κ2) is 6.35. The van der Waals surface area contributed by atoms with Crippen LogP contribution in [0.5, 0.6) is 0 Å². The molecule has 0 aliphatic rings. The molecule has 25 heavy (non-hydrogen) atoms. The summed E-state index contributed by atoms with van der Waals surface area (Å²) < 4.78 is 10.4. The second-order valence-corrected chi connectivity index (χ2v) is 5.70. The first-order valence-corrected chi connectivity index (χ1v) is 7.67. The molecule has 0 spiro atoms. The first-order valence-electron chi connectivity index (χ1n) is 7.67. The number of carbonyl (C=O) groups excluding carboxylic acids is 1. The van der Waals surface area contributed by atoms with E-state index < -0.39 is 5.97 Å². The second-order valence-electron chi connectivity index (χ2n) is 5.70. The van der Waals surface area contributed by atoms with Crippen LogP contribution in [-0.2, 0) is 4.74 Å². The van der Waals surface area contributed by atoms with Crippen molar-refractivity contribution in [3.05, 3.63) is 47.1 Å². The highest BCUT2D eigenvalue weighted by molar-refractivity contribution is 5.94. The molecule has 0 fully saturated rings. The first-order chi connectivity index (χ1) is 11.9.